The second kappa shape index (κ2) is 8.70. The van der Waals surface area contributed by atoms with Gasteiger partial charge in [0.1, 0.15) is 0 Å². The van der Waals surface area contributed by atoms with E-state index in [-0.39, 0.29) is 12.5 Å². The third kappa shape index (κ3) is 5.09. The minimum Gasteiger partial charge on any atom is -0.493 e. The van der Waals surface area contributed by atoms with Gasteiger partial charge in [-0.25, -0.2) is 0 Å². The van der Waals surface area contributed by atoms with Crippen LogP contribution in [0, 0.1) is 17.4 Å². The van der Waals surface area contributed by atoms with Crippen LogP contribution in [-0.2, 0) is 4.79 Å². The Morgan fingerprint density at radius 3 is 2.76 bits per heavy atom. The number of rotatable bonds is 6. The summed E-state index contributed by atoms with van der Waals surface area (Å²) in [6, 6.07) is 9.30. The molecule has 0 atom stereocenters. The van der Waals surface area contributed by atoms with E-state index in [1.54, 1.807) is 12.1 Å². The average molecular weight is 454 g/mol. The number of ether oxygens (including phenoxy) is 2. The first kappa shape index (κ1) is 19.0. The molecule has 6 nitrogen and oxygen atoms in total. The summed E-state index contributed by atoms with van der Waals surface area (Å²) in [6.45, 7) is 3.76. The lowest BCUT2D eigenvalue weighted by Crippen LogP contribution is -2.21. The van der Waals surface area contributed by atoms with E-state index in [0.717, 1.165) is 20.4 Å². The predicted octanol–water partition coefficient (Wildman–Crippen LogP) is 3.74. The van der Waals surface area contributed by atoms with Crippen LogP contribution in [0.3, 0.4) is 0 Å². The van der Waals surface area contributed by atoms with Gasteiger partial charge in [0.2, 0.25) is 0 Å². The molecule has 2 rings (SSSR count). The number of benzene rings is 2. The predicted molar refractivity (Wildman–Crippen MR) is 105 cm³/mol. The Morgan fingerprint density at radius 1 is 1.32 bits per heavy atom. The van der Waals surface area contributed by atoms with Gasteiger partial charge in [-0.2, -0.15) is 0 Å². The first-order chi connectivity index (χ1) is 11.9. The first-order valence-corrected chi connectivity index (χ1v) is 8.57. The van der Waals surface area contributed by atoms with E-state index >= 15 is 0 Å². The van der Waals surface area contributed by atoms with Crippen molar-refractivity contribution in [1.29, 1.82) is 0 Å². The van der Waals surface area contributed by atoms with Crippen LogP contribution in [0.1, 0.15) is 16.7 Å². The van der Waals surface area contributed by atoms with Crippen molar-refractivity contribution in [2.45, 2.75) is 13.8 Å². The van der Waals surface area contributed by atoms with Gasteiger partial charge in [-0.3, -0.25) is 4.79 Å². The Balaban J connectivity index is 2.10. The summed E-state index contributed by atoms with van der Waals surface area (Å²) in [5, 5.41) is 14.5. The molecule has 0 aliphatic carbocycles. The molecule has 0 fully saturated rings. The first-order valence-electron chi connectivity index (χ1n) is 7.49. The maximum Gasteiger partial charge on any atom is 0.262 e. The lowest BCUT2D eigenvalue weighted by atomic mass is 10.1. The number of halogens is 1. The van der Waals surface area contributed by atoms with Crippen LogP contribution < -0.4 is 14.8 Å². The number of carbonyl (C=O) groups is 1. The Hall–Kier alpha value is -2.29. The number of nitrogens with zero attached hydrogens (tertiary/aromatic N) is 1. The molecule has 132 valence electrons. The monoisotopic (exact) mass is 454 g/mol. The van der Waals surface area contributed by atoms with Crippen LogP contribution in [0.5, 0.6) is 11.5 Å². The molecule has 0 bridgehead atoms. The number of oxime groups is 1. The van der Waals surface area contributed by atoms with E-state index in [1.807, 2.05) is 32.0 Å². The molecule has 2 aromatic rings. The molecule has 0 saturated heterocycles. The van der Waals surface area contributed by atoms with Crippen molar-refractivity contribution in [1.82, 2.24) is 0 Å². The van der Waals surface area contributed by atoms with Gasteiger partial charge < -0.3 is 20.0 Å². The summed E-state index contributed by atoms with van der Waals surface area (Å²) in [7, 11) is 1.51. The highest BCUT2D eigenvalue weighted by atomic mass is 127. The number of amides is 1. The van der Waals surface area contributed by atoms with Crippen molar-refractivity contribution >= 4 is 40.4 Å². The van der Waals surface area contributed by atoms with Crippen LogP contribution in [0.25, 0.3) is 0 Å². The largest absolute Gasteiger partial charge is 0.493 e. The zero-order valence-corrected chi connectivity index (χ0v) is 16.3. The molecule has 2 aromatic carbocycles. The summed E-state index contributed by atoms with van der Waals surface area (Å²) in [6.07, 6.45) is 1.29. The number of hydrogen-bond acceptors (Lipinski definition) is 5. The van der Waals surface area contributed by atoms with E-state index in [4.69, 9.17) is 14.7 Å². The molecule has 0 aromatic heterocycles. The topological polar surface area (TPSA) is 80.2 Å². The molecule has 0 unspecified atom stereocenters. The number of aryl methyl sites for hydroxylation is 2. The molecule has 1 amide bonds. The summed E-state index contributed by atoms with van der Waals surface area (Å²) < 4.78 is 11.7. The van der Waals surface area contributed by atoms with Crippen molar-refractivity contribution < 1.29 is 19.5 Å². The van der Waals surface area contributed by atoms with Crippen LogP contribution in [0.2, 0.25) is 0 Å². The van der Waals surface area contributed by atoms with Crippen LogP contribution in [-0.4, -0.2) is 31.0 Å². The number of carbonyl (C=O) groups excluding carboxylic acids is 1. The van der Waals surface area contributed by atoms with Gasteiger partial charge >= 0.3 is 0 Å². The minimum absolute atomic E-state index is 0.146. The van der Waals surface area contributed by atoms with E-state index in [1.165, 1.54) is 13.3 Å². The van der Waals surface area contributed by atoms with Crippen molar-refractivity contribution in [3.63, 3.8) is 0 Å². The van der Waals surface area contributed by atoms with Gasteiger partial charge in [0.05, 0.1) is 16.9 Å². The number of nitrogens with one attached hydrogen (secondary N) is 1. The molecule has 7 heteroatoms. The maximum atomic E-state index is 12.2. The molecule has 2 N–H and O–H groups in total. The Morgan fingerprint density at radius 2 is 2.08 bits per heavy atom. The number of anilines is 1. The molecular weight excluding hydrogens is 435 g/mol. The summed E-state index contributed by atoms with van der Waals surface area (Å²) >= 11 is 2.07. The van der Waals surface area contributed by atoms with E-state index in [0.29, 0.717) is 17.1 Å². The zero-order valence-electron chi connectivity index (χ0n) is 14.2. The Bertz CT molecular complexity index is 806. The second-order valence-corrected chi connectivity index (χ2v) is 6.60. The molecule has 0 heterocycles. The lowest BCUT2D eigenvalue weighted by molar-refractivity contribution is -0.118. The van der Waals surface area contributed by atoms with E-state index < -0.39 is 0 Å². The average Bonchev–Trinajstić information content (AvgIpc) is 2.57. The van der Waals surface area contributed by atoms with Gasteiger partial charge in [-0.15, -0.1) is 0 Å². The van der Waals surface area contributed by atoms with E-state index in [2.05, 4.69) is 33.1 Å². The van der Waals surface area contributed by atoms with Crippen LogP contribution in [0.15, 0.2) is 35.5 Å². The summed E-state index contributed by atoms with van der Waals surface area (Å²) in [5.41, 5.74) is 3.48. The molecular formula is C18H19IN2O4. The highest BCUT2D eigenvalue weighted by Gasteiger charge is 2.14. The van der Waals surface area contributed by atoms with Gasteiger partial charge in [0.25, 0.3) is 5.91 Å². The number of methoxy groups -OCH3 is 1. The zero-order chi connectivity index (χ0) is 18.4. The normalized spacial score (nSPS) is 10.7. The van der Waals surface area contributed by atoms with Crippen LogP contribution in [0.4, 0.5) is 5.69 Å². The SMILES string of the molecule is COc1cc(/C=N/O)cc(I)c1OCC(=O)Nc1cc(C)ccc1C. The molecule has 0 aliphatic rings. The summed E-state index contributed by atoms with van der Waals surface area (Å²) in [4.78, 5) is 12.2. The second-order valence-electron chi connectivity index (χ2n) is 5.43. The van der Waals surface area contributed by atoms with Crippen molar-refractivity contribution in [2.75, 3.05) is 19.0 Å². The maximum absolute atomic E-state index is 12.2. The standard InChI is InChI=1S/C18H19IN2O4/c1-11-4-5-12(2)15(6-11)21-17(22)10-25-18-14(19)7-13(9-20-23)8-16(18)24-3/h4-9,23H,10H2,1-3H3,(H,21,22)/b20-9+. The fourth-order valence-corrected chi connectivity index (χ4v) is 3.00. The molecule has 0 spiro atoms. The lowest BCUT2D eigenvalue weighted by Gasteiger charge is -2.14. The molecule has 0 saturated carbocycles. The van der Waals surface area contributed by atoms with Crippen LogP contribution >= 0.6 is 22.6 Å². The van der Waals surface area contributed by atoms with Crippen molar-refractivity contribution in [2.24, 2.45) is 5.16 Å². The Kier molecular flexibility index (Phi) is 6.63. The molecule has 0 radical (unpaired) electrons. The quantitative estimate of drug-likeness (QED) is 0.302. The minimum atomic E-state index is -0.257. The smallest absolute Gasteiger partial charge is 0.262 e. The van der Waals surface area contributed by atoms with Gasteiger partial charge in [0, 0.05) is 11.3 Å². The highest BCUT2D eigenvalue weighted by Crippen LogP contribution is 2.33. The fourth-order valence-electron chi connectivity index (χ4n) is 2.22. The third-order valence-electron chi connectivity index (χ3n) is 3.47. The number of hydrogen-bond donors (Lipinski definition) is 2. The molecule has 0 aliphatic heterocycles. The highest BCUT2D eigenvalue weighted by molar-refractivity contribution is 14.1. The van der Waals surface area contributed by atoms with Gasteiger partial charge in [-0.05, 0) is 65.8 Å². The van der Waals surface area contributed by atoms with Crippen molar-refractivity contribution in [3.05, 3.63) is 50.6 Å². The van der Waals surface area contributed by atoms with E-state index in [9.17, 15) is 4.79 Å². The van der Waals surface area contributed by atoms with Crippen molar-refractivity contribution in [3.8, 4) is 11.5 Å². The fraction of sp³-hybridized carbons (Fsp3) is 0.222. The third-order valence-corrected chi connectivity index (χ3v) is 4.27. The Labute approximate surface area is 160 Å². The van der Waals surface area contributed by atoms with Gasteiger partial charge in [-0.1, -0.05) is 17.3 Å². The summed E-state index contributed by atoms with van der Waals surface area (Å²) in [5.74, 6) is 0.670. The molecule has 25 heavy (non-hydrogen) atoms. The van der Waals surface area contributed by atoms with Gasteiger partial charge in [0.15, 0.2) is 18.1 Å².